The molecule has 5 nitrogen and oxygen atoms in total. The molecule has 2 saturated carbocycles. The molecule has 4 rings (SSSR count). The van der Waals surface area contributed by atoms with Gasteiger partial charge in [0.1, 0.15) is 6.54 Å². The van der Waals surface area contributed by atoms with Crippen LogP contribution in [0.25, 0.3) is 0 Å². The Labute approximate surface area is 179 Å². The van der Waals surface area contributed by atoms with Gasteiger partial charge in [-0.25, -0.2) is 8.42 Å². The van der Waals surface area contributed by atoms with E-state index in [-0.39, 0.29) is 23.4 Å². The van der Waals surface area contributed by atoms with Gasteiger partial charge in [0.2, 0.25) is 5.91 Å². The van der Waals surface area contributed by atoms with Gasteiger partial charge in [-0.2, -0.15) is 0 Å². The van der Waals surface area contributed by atoms with E-state index in [1.807, 2.05) is 32.9 Å². The smallest absolute Gasteiger partial charge is 0.264 e. The Bertz CT molecular complexity index is 1050. The van der Waals surface area contributed by atoms with Crippen LogP contribution < -0.4 is 9.62 Å². The molecular formula is C24H30N2O3S. The van der Waals surface area contributed by atoms with Gasteiger partial charge in [0.25, 0.3) is 10.0 Å². The molecule has 2 bridgehead atoms. The largest absolute Gasteiger partial charge is 0.352 e. The fraction of sp³-hybridized carbons (Fsp3) is 0.458. The zero-order valence-corrected chi connectivity index (χ0v) is 18.7. The lowest BCUT2D eigenvalue weighted by atomic mass is 9.95. The normalized spacial score (nSPS) is 22.8. The van der Waals surface area contributed by atoms with Gasteiger partial charge in [0.15, 0.2) is 0 Å². The average molecular weight is 427 g/mol. The maximum absolute atomic E-state index is 13.6. The zero-order chi connectivity index (χ0) is 21.5. The highest BCUT2D eigenvalue weighted by Gasteiger charge is 2.40. The summed E-state index contributed by atoms with van der Waals surface area (Å²) in [7, 11) is -3.88. The molecule has 0 aliphatic heterocycles. The number of rotatable bonds is 6. The molecule has 1 N–H and O–H groups in total. The summed E-state index contributed by atoms with van der Waals surface area (Å²) in [6.07, 6.45) is 4.63. The summed E-state index contributed by atoms with van der Waals surface area (Å²) in [6.45, 7) is 5.55. The summed E-state index contributed by atoms with van der Waals surface area (Å²) >= 11 is 0. The number of benzene rings is 2. The van der Waals surface area contributed by atoms with Crippen molar-refractivity contribution < 1.29 is 13.2 Å². The first-order valence-electron chi connectivity index (χ1n) is 10.7. The first-order chi connectivity index (χ1) is 14.3. The Morgan fingerprint density at radius 1 is 1.03 bits per heavy atom. The van der Waals surface area contributed by atoms with Gasteiger partial charge in [-0.15, -0.1) is 0 Å². The third kappa shape index (κ3) is 3.97. The highest BCUT2D eigenvalue weighted by molar-refractivity contribution is 7.92. The van der Waals surface area contributed by atoms with Crippen LogP contribution in [0.1, 0.15) is 42.4 Å². The van der Waals surface area contributed by atoms with Crippen LogP contribution in [0, 0.1) is 32.6 Å². The number of carbonyl (C=O) groups excluding carboxylic acids is 1. The number of sulfonamides is 1. The lowest BCUT2D eigenvalue weighted by Gasteiger charge is -2.28. The maximum atomic E-state index is 13.6. The topological polar surface area (TPSA) is 66.5 Å². The van der Waals surface area contributed by atoms with E-state index in [1.54, 1.807) is 30.3 Å². The molecule has 2 aromatic rings. The third-order valence-electron chi connectivity index (χ3n) is 6.83. The van der Waals surface area contributed by atoms with E-state index in [9.17, 15) is 13.2 Å². The van der Waals surface area contributed by atoms with Gasteiger partial charge in [-0.3, -0.25) is 9.10 Å². The van der Waals surface area contributed by atoms with Crippen molar-refractivity contribution in [3.63, 3.8) is 0 Å². The molecule has 0 saturated heterocycles. The van der Waals surface area contributed by atoms with E-state index in [2.05, 4.69) is 5.32 Å². The summed E-state index contributed by atoms with van der Waals surface area (Å²) in [5.41, 5.74) is 3.39. The van der Waals surface area contributed by atoms with Gasteiger partial charge >= 0.3 is 0 Å². The number of fused-ring (bicyclic) bond motifs is 2. The van der Waals surface area contributed by atoms with Crippen molar-refractivity contribution in [3.05, 3.63) is 59.2 Å². The maximum Gasteiger partial charge on any atom is 0.264 e. The summed E-state index contributed by atoms with van der Waals surface area (Å²) < 4.78 is 28.4. The quantitative estimate of drug-likeness (QED) is 0.756. The van der Waals surface area contributed by atoms with E-state index < -0.39 is 10.0 Å². The third-order valence-corrected chi connectivity index (χ3v) is 8.60. The van der Waals surface area contributed by atoms with Crippen molar-refractivity contribution in [2.75, 3.05) is 10.8 Å². The van der Waals surface area contributed by atoms with Crippen LogP contribution in [-0.2, 0) is 14.8 Å². The van der Waals surface area contributed by atoms with Crippen LogP contribution in [0.15, 0.2) is 47.4 Å². The van der Waals surface area contributed by atoms with Crippen molar-refractivity contribution in [2.45, 2.75) is 57.4 Å². The monoisotopic (exact) mass is 426 g/mol. The Morgan fingerprint density at radius 2 is 1.77 bits per heavy atom. The molecule has 0 unspecified atom stereocenters. The summed E-state index contributed by atoms with van der Waals surface area (Å²) in [5.74, 6) is 1.03. The minimum atomic E-state index is -3.88. The molecule has 2 aromatic carbocycles. The number of nitrogens with zero attached hydrogens (tertiary/aromatic N) is 1. The number of anilines is 1. The van der Waals surface area contributed by atoms with Gasteiger partial charge in [-0.05, 0) is 81.2 Å². The van der Waals surface area contributed by atoms with Crippen molar-refractivity contribution in [3.8, 4) is 0 Å². The number of amides is 1. The van der Waals surface area contributed by atoms with Crippen LogP contribution in [-0.4, -0.2) is 26.9 Å². The fourth-order valence-electron chi connectivity index (χ4n) is 4.95. The van der Waals surface area contributed by atoms with Crippen LogP contribution in [0.5, 0.6) is 0 Å². The lowest BCUT2D eigenvalue weighted by Crippen LogP contribution is -2.46. The zero-order valence-electron chi connectivity index (χ0n) is 17.9. The number of aryl methyl sites for hydroxylation is 2. The van der Waals surface area contributed by atoms with Crippen LogP contribution >= 0.6 is 0 Å². The average Bonchev–Trinajstić information content (AvgIpc) is 3.32. The Kier molecular flexibility index (Phi) is 5.62. The standard InChI is InChI=1S/C24H30N2O3S/c1-16-7-11-21(12-8-16)30(28,29)26(23-6-4-5-17(2)18(23)3)15-24(27)25-22-14-19-9-10-20(22)13-19/h4-8,11-12,19-20,22H,9-10,13-15H2,1-3H3,(H,25,27)/t19-,20+,22-/m1/s1. The van der Waals surface area contributed by atoms with Crippen molar-refractivity contribution in [1.82, 2.24) is 5.32 Å². The van der Waals surface area contributed by atoms with Gasteiger partial charge < -0.3 is 5.32 Å². The van der Waals surface area contributed by atoms with Crippen molar-refractivity contribution in [2.24, 2.45) is 11.8 Å². The summed E-state index contributed by atoms with van der Waals surface area (Å²) in [6, 6.07) is 12.5. The molecule has 2 fully saturated rings. The van der Waals surface area contributed by atoms with Crippen LogP contribution in [0.4, 0.5) is 5.69 Å². The van der Waals surface area contributed by atoms with Gasteiger partial charge in [-0.1, -0.05) is 36.2 Å². The molecule has 0 aromatic heterocycles. The molecule has 0 radical (unpaired) electrons. The molecular weight excluding hydrogens is 396 g/mol. The second kappa shape index (κ2) is 8.06. The Balaban J connectivity index is 1.64. The second-order valence-corrected chi connectivity index (χ2v) is 10.8. The first kappa shape index (κ1) is 20.9. The van der Waals surface area contributed by atoms with Gasteiger partial charge in [0.05, 0.1) is 10.6 Å². The predicted octanol–water partition coefficient (Wildman–Crippen LogP) is 4.11. The highest BCUT2D eigenvalue weighted by atomic mass is 32.2. The highest BCUT2D eigenvalue weighted by Crippen LogP contribution is 2.44. The van der Waals surface area contributed by atoms with Crippen LogP contribution in [0.3, 0.4) is 0 Å². The SMILES string of the molecule is Cc1ccc(S(=O)(=O)N(CC(=O)N[C@@H]2C[C@@H]3CC[C@H]2C3)c2cccc(C)c2C)cc1. The van der Waals surface area contributed by atoms with Crippen molar-refractivity contribution >= 4 is 21.6 Å². The Morgan fingerprint density at radius 3 is 2.40 bits per heavy atom. The second-order valence-electron chi connectivity index (χ2n) is 8.89. The molecule has 160 valence electrons. The molecule has 0 heterocycles. The number of nitrogens with one attached hydrogen (secondary N) is 1. The predicted molar refractivity (Wildman–Crippen MR) is 119 cm³/mol. The fourth-order valence-corrected chi connectivity index (χ4v) is 6.43. The molecule has 6 heteroatoms. The molecule has 30 heavy (non-hydrogen) atoms. The minimum Gasteiger partial charge on any atom is -0.352 e. The molecule has 2 aliphatic carbocycles. The summed E-state index contributed by atoms with van der Waals surface area (Å²) in [4.78, 5) is 13.2. The number of hydrogen-bond acceptors (Lipinski definition) is 3. The first-order valence-corrected chi connectivity index (χ1v) is 12.1. The van der Waals surface area contributed by atoms with Crippen LogP contribution in [0.2, 0.25) is 0 Å². The van der Waals surface area contributed by atoms with Crippen molar-refractivity contribution in [1.29, 1.82) is 0 Å². The molecule has 2 aliphatic rings. The van der Waals surface area contributed by atoms with Gasteiger partial charge in [0, 0.05) is 6.04 Å². The lowest BCUT2D eigenvalue weighted by molar-refractivity contribution is -0.120. The van der Waals surface area contributed by atoms with E-state index in [4.69, 9.17) is 0 Å². The minimum absolute atomic E-state index is 0.179. The number of carbonyl (C=O) groups is 1. The summed E-state index contributed by atoms with van der Waals surface area (Å²) in [5, 5.41) is 3.13. The molecule has 3 atom stereocenters. The van der Waals surface area contributed by atoms with E-state index in [1.165, 1.54) is 17.1 Å². The van der Waals surface area contributed by atoms with E-state index in [0.717, 1.165) is 29.5 Å². The number of hydrogen-bond donors (Lipinski definition) is 1. The Hall–Kier alpha value is -2.34. The molecule has 1 amide bonds. The molecule has 0 spiro atoms. The van der Waals surface area contributed by atoms with E-state index >= 15 is 0 Å². The van der Waals surface area contributed by atoms with E-state index in [0.29, 0.717) is 17.5 Å².